The van der Waals surface area contributed by atoms with Crippen LogP contribution in [-0.2, 0) is 0 Å². The molecule has 1 aromatic heterocycles. The van der Waals surface area contributed by atoms with Gasteiger partial charge in [0.25, 0.3) is 0 Å². The summed E-state index contributed by atoms with van der Waals surface area (Å²) in [5.74, 6) is 0.662. The number of pyridine rings is 1. The van der Waals surface area contributed by atoms with E-state index in [4.69, 9.17) is 0 Å². The second kappa shape index (κ2) is 7.44. The van der Waals surface area contributed by atoms with Crippen molar-refractivity contribution in [2.75, 3.05) is 6.54 Å². The van der Waals surface area contributed by atoms with E-state index in [2.05, 4.69) is 44.1 Å². The molecule has 0 saturated heterocycles. The van der Waals surface area contributed by atoms with Crippen LogP contribution in [0.4, 0.5) is 0 Å². The lowest BCUT2D eigenvalue weighted by Crippen LogP contribution is -2.28. The molecule has 96 valence electrons. The normalized spacial score (nSPS) is 14.6. The standard InChI is InChI=1S/C15H26N2/c1-5-7-13(4)15(17-9-6-2)14-11-16-10-8-12(14)3/h8,10-11,13,15,17H,5-7,9H2,1-4H3. The zero-order valence-electron chi connectivity index (χ0n) is 11.7. The van der Waals surface area contributed by atoms with E-state index in [1.807, 2.05) is 12.4 Å². The summed E-state index contributed by atoms with van der Waals surface area (Å²) < 4.78 is 0. The molecule has 2 atom stereocenters. The van der Waals surface area contributed by atoms with Crippen molar-refractivity contribution in [2.45, 2.75) is 53.0 Å². The first-order chi connectivity index (χ1) is 8.20. The monoisotopic (exact) mass is 234 g/mol. The molecule has 2 nitrogen and oxygen atoms in total. The Morgan fingerprint density at radius 2 is 2.06 bits per heavy atom. The topological polar surface area (TPSA) is 24.9 Å². The molecule has 0 aliphatic heterocycles. The van der Waals surface area contributed by atoms with Gasteiger partial charge in [-0.1, -0.05) is 27.2 Å². The zero-order valence-corrected chi connectivity index (χ0v) is 11.7. The summed E-state index contributed by atoms with van der Waals surface area (Å²) in [5, 5.41) is 3.67. The average molecular weight is 234 g/mol. The van der Waals surface area contributed by atoms with Crippen molar-refractivity contribution < 1.29 is 0 Å². The van der Waals surface area contributed by atoms with Gasteiger partial charge in [0, 0.05) is 18.4 Å². The van der Waals surface area contributed by atoms with Gasteiger partial charge in [0.15, 0.2) is 0 Å². The molecule has 1 aromatic rings. The summed E-state index contributed by atoms with van der Waals surface area (Å²) in [6.45, 7) is 10.1. The number of rotatable bonds is 7. The van der Waals surface area contributed by atoms with Gasteiger partial charge in [-0.25, -0.2) is 0 Å². The molecule has 1 heterocycles. The Morgan fingerprint density at radius 1 is 1.29 bits per heavy atom. The van der Waals surface area contributed by atoms with Gasteiger partial charge in [0.2, 0.25) is 0 Å². The first-order valence-electron chi connectivity index (χ1n) is 6.84. The van der Waals surface area contributed by atoms with E-state index >= 15 is 0 Å². The van der Waals surface area contributed by atoms with Crippen LogP contribution < -0.4 is 5.32 Å². The van der Waals surface area contributed by atoms with Gasteiger partial charge < -0.3 is 5.32 Å². The van der Waals surface area contributed by atoms with Crippen LogP contribution in [0.2, 0.25) is 0 Å². The summed E-state index contributed by atoms with van der Waals surface area (Å²) in [6.07, 6.45) is 7.57. The van der Waals surface area contributed by atoms with Crippen LogP contribution in [-0.4, -0.2) is 11.5 Å². The van der Waals surface area contributed by atoms with Gasteiger partial charge in [-0.15, -0.1) is 0 Å². The molecule has 0 bridgehead atoms. The lowest BCUT2D eigenvalue weighted by atomic mass is 9.89. The van der Waals surface area contributed by atoms with Gasteiger partial charge >= 0.3 is 0 Å². The summed E-state index contributed by atoms with van der Waals surface area (Å²) in [7, 11) is 0. The molecular weight excluding hydrogens is 208 g/mol. The molecule has 0 aliphatic carbocycles. The Kier molecular flexibility index (Phi) is 6.20. The van der Waals surface area contributed by atoms with Crippen molar-refractivity contribution in [3.63, 3.8) is 0 Å². The Morgan fingerprint density at radius 3 is 2.65 bits per heavy atom. The Balaban J connectivity index is 2.85. The van der Waals surface area contributed by atoms with Crippen molar-refractivity contribution >= 4 is 0 Å². The van der Waals surface area contributed by atoms with Crippen LogP contribution in [0.5, 0.6) is 0 Å². The highest BCUT2D eigenvalue weighted by atomic mass is 14.9. The highest BCUT2D eigenvalue weighted by molar-refractivity contribution is 5.25. The minimum absolute atomic E-state index is 0.448. The molecule has 0 fully saturated rings. The smallest absolute Gasteiger partial charge is 0.0363 e. The van der Waals surface area contributed by atoms with Gasteiger partial charge in [0.05, 0.1) is 0 Å². The second-order valence-electron chi connectivity index (χ2n) is 4.93. The highest BCUT2D eigenvalue weighted by Gasteiger charge is 2.19. The highest BCUT2D eigenvalue weighted by Crippen LogP contribution is 2.27. The maximum atomic E-state index is 4.28. The lowest BCUT2D eigenvalue weighted by Gasteiger charge is -2.26. The third-order valence-electron chi connectivity index (χ3n) is 3.34. The largest absolute Gasteiger partial charge is 0.310 e. The molecule has 2 unspecified atom stereocenters. The van der Waals surface area contributed by atoms with Crippen LogP contribution in [0.25, 0.3) is 0 Å². The number of aryl methyl sites for hydroxylation is 1. The van der Waals surface area contributed by atoms with E-state index in [1.54, 1.807) is 0 Å². The molecule has 0 spiro atoms. The second-order valence-corrected chi connectivity index (χ2v) is 4.93. The van der Waals surface area contributed by atoms with Crippen LogP contribution in [0, 0.1) is 12.8 Å². The maximum absolute atomic E-state index is 4.28. The predicted molar refractivity (Wildman–Crippen MR) is 74.1 cm³/mol. The Labute approximate surface area is 106 Å². The van der Waals surface area contributed by atoms with Gasteiger partial charge in [0.1, 0.15) is 0 Å². The third-order valence-corrected chi connectivity index (χ3v) is 3.34. The molecule has 2 heteroatoms. The van der Waals surface area contributed by atoms with Crippen molar-refractivity contribution in [3.8, 4) is 0 Å². The van der Waals surface area contributed by atoms with E-state index in [0.717, 1.165) is 6.54 Å². The average Bonchev–Trinajstić information content (AvgIpc) is 2.32. The molecule has 0 aromatic carbocycles. The number of hydrogen-bond donors (Lipinski definition) is 1. The molecule has 0 saturated carbocycles. The fourth-order valence-electron chi connectivity index (χ4n) is 2.34. The Hall–Kier alpha value is -0.890. The number of aromatic nitrogens is 1. The van der Waals surface area contributed by atoms with E-state index in [-0.39, 0.29) is 0 Å². The number of hydrogen-bond acceptors (Lipinski definition) is 2. The van der Waals surface area contributed by atoms with Crippen LogP contribution in [0.3, 0.4) is 0 Å². The van der Waals surface area contributed by atoms with Crippen LogP contribution >= 0.6 is 0 Å². The van der Waals surface area contributed by atoms with Crippen LogP contribution in [0.1, 0.15) is 57.2 Å². The first-order valence-corrected chi connectivity index (χ1v) is 6.84. The van der Waals surface area contributed by atoms with Gasteiger partial charge in [-0.05, 0) is 49.4 Å². The maximum Gasteiger partial charge on any atom is 0.0363 e. The molecule has 0 radical (unpaired) electrons. The zero-order chi connectivity index (χ0) is 12.7. The summed E-state index contributed by atoms with van der Waals surface area (Å²) >= 11 is 0. The van der Waals surface area contributed by atoms with Gasteiger partial charge in [-0.2, -0.15) is 0 Å². The van der Waals surface area contributed by atoms with Gasteiger partial charge in [-0.3, -0.25) is 4.98 Å². The summed E-state index contributed by atoms with van der Waals surface area (Å²) in [4.78, 5) is 4.28. The fraction of sp³-hybridized carbons (Fsp3) is 0.667. The van der Waals surface area contributed by atoms with E-state index < -0.39 is 0 Å². The number of nitrogens with zero attached hydrogens (tertiary/aromatic N) is 1. The Bertz CT molecular complexity index is 322. The quantitative estimate of drug-likeness (QED) is 0.774. The molecule has 0 aliphatic rings. The SMILES string of the molecule is CCCNC(c1cnccc1C)C(C)CCC. The molecule has 0 amide bonds. The molecular formula is C15H26N2. The van der Waals surface area contributed by atoms with Crippen LogP contribution in [0.15, 0.2) is 18.5 Å². The van der Waals surface area contributed by atoms with Crippen molar-refractivity contribution in [2.24, 2.45) is 5.92 Å². The van der Waals surface area contributed by atoms with Crippen molar-refractivity contribution in [1.29, 1.82) is 0 Å². The third kappa shape index (κ3) is 4.12. The predicted octanol–water partition coefficient (Wildman–Crippen LogP) is 3.87. The van der Waals surface area contributed by atoms with Crippen molar-refractivity contribution in [1.82, 2.24) is 10.3 Å². The summed E-state index contributed by atoms with van der Waals surface area (Å²) in [6, 6.07) is 2.55. The van der Waals surface area contributed by atoms with E-state index in [0.29, 0.717) is 12.0 Å². The van der Waals surface area contributed by atoms with E-state index in [9.17, 15) is 0 Å². The molecule has 17 heavy (non-hydrogen) atoms. The first kappa shape index (κ1) is 14.2. The summed E-state index contributed by atoms with van der Waals surface area (Å²) in [5.41, 5.74) is 2.71. The molecule has 1 rings (SSSR count). The minimum atomic E-state index is 0.448. The number of nitrogens with one attached hydrogen (secondary N) is 1. The van der Waals surface area contributed by atoms with Crippen molar-refractivity contribution in [3.05, 3.63) is 29.6 Å². The lowest BCUT2D eigenvalue weighted by molar-refractivity contribution is 0.361. The molecule has 1 N–H and O–H groups in total. The van der Waals surface area contributed by atoms with E-state index in [1.165, 1.54) is 30.4 Å². The minimum Gasteiger partial charge on any atom is -0.310 e. The fourth-order valence-corrected chi connectivity index (χ4v) is 2.34.